The van der Waals surface area contributed by atoms with Gasteiger partial charge in [0.25, 0.3) is 0 Å². The van der Waals surface area contributed by atoms with Crippen molar-refractivity contribution < 1.29 is 0 Å². The molecule has 0 saturated heterocycles. The monoisotopic (exact) mass is 514 g/mol. The van der Waals surface area contributed by atoms with Gasteiger partial charge in [-0.3, -0.25) is 9.97 Å². The second kappa shape index (κ2) is 8.07. The van der Waals surface area contributed by atoms with Crippen LogP contribution in [0.25, 0.3) is 21.8 Å². The second-order valence-electron chi connectivity index (χ2n) is 12.6. The standard InChI is InChI=1S/C26H39BrN2Si2/c1-25(2,3)30(7,8)16-19-12-11-18-15-22(27)21-14-13-20(29-24(21)23(18)28-19)17-31(9,10)26(4,5)6/h11-15H,16-17H2,1-10H3. The maximum absolute atomic E-state index is 5.20. The van der Waals surface area contributed by atoms with E-state index in [0.29, 0.717) is 10.1 Å². The Morgan fingerprint density at radius 1 is 0.710 bits per heavy atom. The Kier molecular flexibility index (Phi) is 6.40. The van der Waals surface area contributed by atoms with E-state index in [4.69, 9.17) is 9.97 Å². The van der Waals surface area contributed by atoms with E-state index in [1.807, 2.05) is 0 Å². The largest absolute Gasteiger partial charge is 0.251 e. The van der Waals surface area contributed by atoms with Gasteiger partial charge in [0.2, 0.25) is 0 Å². The summed E-state index contributed by atoms with van der Waals surface area (Å²) >= 11 is 3.78. The van der Waals surface area contributed by atoms with E-state index in [9.17, 15) is 0 Å². The molecule has 0 atom stereocenters. The maximum atomic E-state index is 5.20. The van der Waals surface area contributed by atoms with Crippen LogP contribution in [0.1, 0.15) is 52.9 Å². The Morgan fingerprint density at radius 3 is 1.65 bits per heavy atom. The van der Waals surface area contributed by atoms with Gasteiger partial charge in [-0.2, -0.15) is 0 Å². The van der Waals surface area contributed by atoms with Crippen molar-refractivity contribution in [3.05, 3.63) is 46.2 Å². The van der Waals surface area contributed by atoms with Crippen molar-refractivity contribution in [3.8, 4) is 0 Å². The van der Waals surface area contributed by atoms with Crippen LogP contribution in [0.15, 0.2) is 34.8 Å². The van der Waals surface area contributed by atoms with E-state index in [-0.39, 0.29) is 0 Å². The van der Waals surface area contributed by atoms with E-state index < -0.39 is 16.1 Å². The summed E-state index contributed by atoms with van der Waals surface area (Å²) in [4.78, 5) is 10.4. The van der Waals surface area contributed by atoms with Gasteiger partial charge >= 0.3 is 0 Å². The Hall–Kier alpha value is -1.05. The molecule has 0 fully saturated rings. The number of hydrogen-bond donors (Lipinski definition) is 0. The highest BCUT2D eigenvalue weighted by Crippen LogP contribution is 2.40. The van der Waals surface area contributed by atoms with Crippen LogP contribution >= 0.6 is 15.9 Å². The number of aromatic nitrogens is 2. The van der Waals surface area contributed by atoms with Crippen molar-refractivity contribution >= 4 is 53.9 Å². The fraction of sp³-hybridized carbons (Fsp3) is 0.538. The molecular weight excluding hydrogens is 476 g/mol. The first kappa shape index (κ1) is 24.6. The van der Waals surface area contributed by atoms with E-state index in [0.717, 1.165) is 38.4 Å². The lowest BCUT2D eigenvalue weighted by molar-refractivity contribution is 0.712. The second-order valence-corrected chi connectivity index (χ2v) is 24.6. The average Bonchev–Trinajstić information content (AvgIpc) is 2.60. The molecule has 2 nitrogen and oxygen atoms in total. The third-order valence-electron chi connectivity index (χ3n) is 8.01. The van der Waals surface area contributed by atoms with Gasteiger partial charge in [-0.1, -0.05) is 89.7 Å². The Bertz CT molecular complexity index is 1120. The summed E-state index contributed by atoms with van der Waals surface area (Å²) in [5.74, 6) is 0. The molecule has 2 aromatic heterocycles. The van der Waals surface area contributed by atoms with E-state index in [1.54, 1.807) is 0 Å². The molecule has 3 aromatic rings. The number of pyridine rings is 2. The summed E-state index contributed by atoms with van der Waals surface area (Å²) in [7, 11) is -2.93. The molecular formula is C26H39BrN2Si2. The van der Waals surface area contributed by atoms with Crippen molar-refractivity contribution in [3.63, 3.8) is 0 Å². The number of nitrogens with zero attached hydrogens (tertiary/aromatic N) is 2. The number of benzene rings is 1. The Morgan fingerprint density at radius 2 is 1.16 bits per heavy atom. The lowest BCUT2D eigenvalue weighted by Crippen LogP contribution is -2.40. The van der Waals surface area contributed by atoms with Crippen molar-refractivity contribution in [1.82, 2.24) is 9.97 Å². The first-order chi connectivity index (χ1) is 14.0. The molecule has 0 aliphatic carbocycles. The van der Waals surface area contributed by atoms with Gasteiger partial charge in [0, 0.05) is 26.6 Å². The van der Waals surface area contributed by atoms with Crippen LogP contribution in [0.4, 0.5) is 0 Å². The summed E-state index contributed by atoms with van der Waals surface area (Å²) in [5.41, 5.74) is 4.50. The molecule has 0 aliphatic rings. The fourth-order valence-electron chi connectivity index (χ4n) is 3.54. The van der Waals surface area contributed by atoms with Crippen LogP contribution in [-0.4, -0.2) is 26.1 Å². The Balaban J connectivity index is 2.14. The number of rotatable bonds is 4. The summed E-state index contributed by atoms with van der Waals surface area (Å²) < 4.78 is 1.10. The van der Waals surface area contributed by atoms with Crippen LogP contribution in [-0.2, 0) is 12.1 Å². The molecule has 0 N–H and O–H groups in total. The lowest BCUT2D eigenvalue weighted by Gasteiger charge is -2.37. The van der Waals surface area contributed by atoms with E-state index >= 15 is 0 Å². The summed E-state index contributed by atoms with van der Waals surface area (Å²) in [6.07, 6.45) is 0. The molecule has 3 rings (SSSR count). The summed E-state index contributed by atoms with van der Waals surface area (Å²) in [6.45, 7) is 24.2. The van der Waals surface area contributed by atoms with Crippen molar-refractivity contribution in [2.75, 3.05) is 0 Å². The molecule has 2 heterocycles. The van der Waals surface area contributed by atoms with Gasteiger partial charge in [-0.05, 0) is 46.4 Å². The molecule has 0 bridgehead atoms. The minimum absolute atomic E-state index is 0.345. The molecule has 31 heavy (non-hydrogen) atoms. The average molecular weight is 516 g/mol. The minimum atomic E-state index is -1.47. The van der Waals surface area contributed by atoms with Gasteiger partial charge < -0.3 is 0 Å². The van der Waals surface area contributed by atoms with Crippen LogP contribution in [0, 0.1) is 0 Å². The normalized spacial score (nSPS) is 13.9. The van der Waals surface area contributed by atoms with Crippen LogP contribution < -0.4 is 0 Å². The SMILES string of the molecule is CC(C)(C)[Si](C)(C)Cc1ccc2cc(Br)c3ccc(C[Si](C)(C)C(C)(C)C)nc3c2n1. The van der Waals surface area contributed by atoms with Crippen LogP contribution in [0.3, 0.4) is 0 Å². The molecule has 0 spiro atoms. The quantitative estimate of drug-likeness (QED) is 0.256. The smallest absolute Gasteiger partial charge is 0.0979 e. The van der Waals surface area contributed by atoms with Gasteiger partial charge in [0.05, 0.1) is 27.2 Å². The molecule has 0 amide bonds. The molecule has 0 radical (unpaired) electrons. The van der Waals surface area contributed by atoms with Crippen molar-refractivity contribution in [1.29, 1.82) is 0 Å². The molecule has 5 heteroatoms. The van der Waals surface area contributed by atoms with Gasteiger partial charge in [-0.15, -0.1) is 0 Å². The number of halogens is 1. The third kappa shape index (κ3) is 4.99. The van der Waals surface area contributed by atoms with Gasteiger partial charge in [0.1, 0.15) is 0 Å². The maximum Gasteiger partial charge on any atom is 0.0979 e. The number of hydrogen-bond acceptors (Lipinski definition) is 2. The molecule has 0 unspecified atom stereocenters. The lowest BCUT2D eigenvalue weighted by atomic mass is 10.1. The zero-order chi connectivity index (χ0) is 23.4. The highest BCUT2D eigenvalue weighted by Gasteiger charge is 2.36. The van der Waals surface area contributed by atoms with E-state index in [1.165, 1.54) is 11.4 Å². The first-order valence-corrected chi connectivity index (χ1v) is 18.6. The predicted molar refractivity (Wildman–Crippen MR) is 147 cm³/mol. The van der Waals surface area contributed by atoms with Crippen molar-refractivity contribution in [2.24, 2.45) is 0 Å². The number of fused-ring (bicyclic) bond motifs is 3. The minimum Gasteiger partial charge on any atom is -0.251 e. The molecule has 1 aromatic carbocycles. The zero-order valence-electron chi connectivity index (χ0n) is 21.1. The first-order valence-electron chi connectivity index (χ1n) is 11.4. The molecule has 168 valence electrons. The third-order valence-corrected chi connectivity index (χ3v) is 19.3. The topological polar surface area (TPSA) is 25.8 Å². The van der Waals surface area contributed by atoms with Crippen LogP contribution in [0.2, 0.25) is 36.3 Å². The highest BCUT2D eigenvalue weighted by atomic mass is 79.9. The predicted octanol–water partition coefficient (Wildman–Crippen LogP) is 8.73. The molecule has 0 aliphatic heterocycles. The summed E-state index contributed by atoms with van der Waals surface area (Å²) in [5, 5.41) is 3.01. The Labute approximate surface area is 199 Å². The van der Waals surface area contributed by atoms with Gasteiger partial charge in [-0.25, -0.2) is 0 Å². The van der Waals surface area contributed by atoms with Gasteiger partial charge in [0.15, 0.2) is 0 Å². The van der Waals surface area contributed by atoms with Crippen LogP contribution in [0.5, 0.6) is 0 Å². The zero-order valence-corrected chi connectivity index (χ0v) is 24.7. The summed E-state index contributed by atoms with van der Waals surface area (Å²) in [6, 6.07) is 13.3. The van der Waals surface area contributed by atoms with E-state index in [2.05, 4.69) is 114 Å². The molecule has 0 saturated carbocycles. The highest BCUT2D eigenvalue weighted by molar-refractivity contribution is 9.10. The van der Waals surface area contributed by atoms with Crippen molar-refractivity contribution in [2.45, 2.75) is 89.9 Å². The fourth-order valence-corrected chi connectivity index (χ4v) is 7.37.